The molecule has 0 atom stereocenters. The smallest absolute Gasteiger partial charge is 0.319 e. The molecule has 2 aliphatic heterocycles. The number of hydrogen-bond donors (Lipinski definition) is 2. The van der Waals surface area contributed by atoms with Gasteiger partial charge in [-0.15, -0.1) is 0 Å². The Morgan fingerprint density at radius 2 is 1.89 bits per heavy atom. The van der Waals surface area contributed by atoms with E-state index in [2.05, 4.69) is 20.5 Å². The van der Waals surface area contributed by atoms with Crippen LogP contribution in [-0.2, 0) is 17.7 Å². The minimum Gasteiger partial charge on any atom is -0.378 e. The Morgan fingerprint density at radius 3 is 2.61 bits per heavy atom. The molecule has 1 fully saturated rings. The normalized spacial score (nSPS) is 15.2. The maximum atomic E-state index is 13.1. The lowest BCUT2D eigenvalue weighted by Crippen LogP contribution is -2.41. The molecular formula is C26H33N7O3. The molecule has 1 saturated heterocycles. The summed E-state index contributed by atoms with van der Waals surface area (Å²) in [6, 6.07) is 10.8. The summed E-state index contributed by atoms with van der Waals surface area (Å²) < 4.78 is 5.56. The van der Waals surface area contributed by atoms with E-state index in [0.29, 0.717) is 56.3 Å². The van der Waals surface area contributed by atoms with Crippen molar-refractivity contribution in [2.75, 3.05) is 49.6 Å². The first kappa shape index (κ1) is 23.7. The molecule has 0 saturated carbocycles. The maximum absolute atomic E-state index is 13.1. The standard InChI is InChI=1S/C26H29N7O3.2H2/c1-2-28-26(35)29-20-7-5-18(6-8-20)23-30-22-9-11-33(25(34)19-4-3-10-27-16-19)17-21(22)24(31-23)32-12-14-36-15-13-32;;/h3-8,10,16H,2,9,11-15,17H2,1H3,(H2,28,29,35);2*1H. The molecule has 0 spiro atoms. The van der Waals surface area contributed by atoms with Crippen LogP contribution in [0.3, 0.4) is 0 Å². The molecule has 2 aromatic heterocycles. The molecule has 190 valence electrons. The highest BCUT2D eigenvalue weighted by molar-refractivity contribution is 5.94. The van der Waals surface area contributed by atoms with Crippen LogP contribution in [0.1, 0.15) is 31.4 Å². The fourth-order valence-corrected chi connectivity index (χ4v) is 4.45. The van der Waals surface area contributed by atoms with Gasteiger partial charge in [0.25, 0.3) is 5.91 Å². The van der Waals surface area contributed by atoms with Crippen molar-refractivity contribution in [1.29, 1.82) is 0 Å². The first-order valence-electron chi connectivity index (χ1n) is 12.2. The highest BCUT2D eigenvalue weighted by Gasteiger charge is 2.29. The largest absolute Gasteiger partial charge is 0.378 e. The number of benzene rings is 1. The lowest BCUT2D eigenvalue weighted by Gasteiger charge is -2.34. The number of fused-ring (bicyclic) bond motifs is 1. The van der Waals surface area contributed by atoms with Crippen molar-refractivity contribution in [3.63, 3.8) is 0 Å². The molecule has 0 radical (unpaired) electrons. The Kier molecular flexibility index (Phi) is 7.03. The molecular weight excluding hydrogens is 458 g/mol. The molecule has 1 aromatic carbocycles. The zero-order chi connectivity index (χ0) is 24.9. The third kappa shape index (κ3) is 5.13. The highest BCUT2D eigenvalue weighted by atomic mass is 16.5. The summed E-state index contributed by atoms with van der Waals surface area (Å²) in [6.45, 7) is 6.18. The molecule has 0 unspecified atom stereocenters. The summed E-state index contributed by atoms with van der Waals surface area (Å²) in [7, 11) is 0. The van der Waals surface area contributed by atoms with Crippen molar-refractivity contribution in [3.05, 3.63) is 65.6 Å². The van der Waals surface area contributed by atoms with Crippen LogP contribution in [0.25, 0.3) is 11.4 Å². The molecule has 2 N–H and O–H groups in total. The molecule has 5 rings (SSSR count). The predicted octanol–water partition coefficient (Wildman–Crippen LogP) is 3.21. The van der Waals surface area contributed by atoms with Gasteiger partial charge in [-0.05, 0) is 43.3 Å². The van der Waals surface area contributed by atoms with E-state index >= 15 is 0 Å². The molecule has 4 heterocycles. The average molecular weight is 492 g/mol. The second-order valence-electron chi connectivity index (χ2n) is 8.68. The molecule has 0 aliphatic carbocycles. The Hall–Kier alpha value is -4.05. The van der Waals surface area contributed by atoms with Crippen molar-refractivity contribution in [2.45, 2.75) is 19.9 Å². The van der Waals surface area contributed by atoms with Crippen molar-refractivity contribution in [2.24, 2.45) is 0 Å². The minimum absolute atomic E-state index is 0. The third-order valence-corrected chi connectivity index (χ3v) is 6.28. The first-order valence-corrected chi connectivity index (χ1v) is 12.2. The maximum Gasteiger partial charge on any atom is 0.319 e. The number of carbonyl (C=O) groups is 2. The predicted molar refractivity (Wildman–Crippen MR) is 140 cm³/mol. The molecule has 2 aliphatic rings. The van der Waals surface area contributed by atoms with E-state index < -0.39 is 0 Å². The summed E-state index contributed by atoms with van der Waals surface area (Å²) in [5.74, 6) is 1.44. The fourth-order valence-electron chi connectivity index (χ4n) is 4.45. The van der Waals surface area contributed by atoms with Crippen molar-refractivity contribution in [1.82, 2.24) is 25.2 Å². The number of amides is 3. The highest BCUT2D eigenvalue weighted by Crippen LogP contribution is 2.31. The van der Waals surface area contributed by atoms with Crippen LogP contribution in [0.4, 0.5) is 16.3 Å². The molecule has 0 bridgehead atoms. The number of nitrogens with one attached hydrogen (secondary N) is 2. The number of rotatable bonds is 5. The number of aromatic nitrogens is 3. The van der Waals surface area contributed by atoms with Crippen LogP contribution < -0.4 is 15.5 Å². The molecule has 10 nitrogen and oxygen atoms in total. The topological polar surface area (TPSA) is 113 Å². The van der Waals surface area contributed by atoms with E-state index in [1.54, 1.807) is 24.5 Å². The Morgan fingerprint density at radius 1 is 1.08 bits per heavy atom. The van der Waals surface area contributed by atoms with Crippen LogP contribution >= 0.6 is 0 Å². The number of urea groups is 1. The van der Waals surface area contributed by atoms with Gasteiger partial charge < -0.3 is 25.2 Å². The van der Waals surface area contributed by atoms with Crippen LogP contribution in [0, 0.1) is 0 Å². The lowest BCUT2D eigenvalue weighted by atomic mass is 10.0. The van der Waals surface area contributed by atoms with Gasteiger partial charge in [0.15, 0.2) is 5.82 Å². The van der Waals surface area contributed by atoms with Crippen molar-refractivity contribution < 1.29 is 17.2 Å². The second kappa shape index (κ2) is 10.7. The van der Waals surface area contributed by atoms with Gasteiger partial charge in [0.1, 0.15) is 5.82 Å². The number of anilines is 2. The van der Waals surface area contributed by atoms with Crippen LogP contribution in [0.15, 0.2) is 48.8 Å². The average Bonchev–Trinajstić information content (AvgIpc) is 2.93. The lowest BCUT2D eigenvalue weighted by molar-refractivity contribution is 0.0732. The monoisotopic (exact) mass is 491 g/mol. The van der Waals surface area contributed by atoms with E-state index in [1.807, 2.05) is 36.1 Å². The number of hydrogen-bond acceptors (Lipinski definition) is 7. The minimum atomic E-state index is -0.240. The molecule has 3 aromatic rings. The Balaban J connectivity index is 0.00000200. The summed E-state index contributed by atoms with van der Waals surface area (Å²) >= 11 is 0. The number of carbonyl (C=O) groups excluding carboxylic acids is 2. The summed E-state index contributed by atoms with van der Waals surface area (Å²) in [4.78, 5) is 43.0. The Bertz CT molecular complexity index is 1240. The van der Waals surface area contributed by atoms with Gasteiger partial charge in [0.05, 0.1) is 31.0 Å². The molecule has 10 heteroatoms. The van der Waals surface area contributed by atoms with E-state index in [-0.39, 0.29) is 14.8 Å². The molecule has 36 heavy (non-hydrogen) atoms. The van der Waals surface area contributed by atoms with Crippen LogP contribution in [-0.4, -0.2) is 71.2 Å². The van der Waals surface area contributed by atoms with Gasteiger partial charge in [-0.2, -0.15) is 0 Å². The van der Waals surface area contributed by atoms with Crippen LogP contribution in [0.5, 0.6) is 0 Å². The Labute approximate surface area is 212 Å². The summed E-state index contributed by atoms with van der Waals surface area (Å²) in [5.41, 5.74) is 4.08. The van der Waals surface area contributed by atoms with Crippen LogP contribution in [0.2, 0.25) is 0 Å². The van der Waals surface area contributed by atoms with E-state index in [4.69, 9.17) is 14.7 Å². The number of morpholine rings is 1. The summed E-state index contributed by atoms with van der Waals surface area (Å²) in [5, 5.41) is 5.53. The zero-order valence-corrected chi connectivity index (χ0v) is 20.2. The zero-order valence-electron chi connectivity index (χ0n) is 20.2. The van der Waals surface area contributed by atoms with Gasteiger partial charge in [-0.1, -0.05) is 0 Å². The van der Waals surface area contributed by atoms with E-state index in [1.165, 1.54) is 0 Å². The number of ether oxygens (including phenoxy) is 1. The number of pyridine rings is 1. The van der Waals surface area contributed by atoms with E-state index in [0.717, 1.165) is 35.7 Å². The van der Waals surface area contributed by atoms with Crippen molar-refractivity contribution >= 4 is 23.4 Å². The third-order valence-electron chi connectivity index (χ3n) is 6.28. The quantitative estimate of drug-likeness (QED) is 0.564. The van der Waals surface area contributed by atoms with Gasteiger partial charge in [-0.3, -0.25) is 9.78 Å². The SMILES string of the molecule is CCNC(=O)Nc1ccc(-c2nc3c(c(N4CCOCC4)n2)CN(C(=O)c2cccnc2)CC3)cc1.[HH].[HH]. The number of nitrogens with zero attached hydrogens (tertiary/aromatic N) is 5. The van der Waals surface area contributed by atoms with E-state index in [9.17, 15) is 9.59 Å². The fraction of sp³-hybridized carbons (Fsp3) is 0.346. The molecule has 3 amide bonds. The first-order chi connectivity index (χ1) is 17.6. The second-order valence-corrected chi connectivity index (χ2v) is 8.68. The van der Waals surface area contributed by atoms with Gasteiger partial charge in [0, 0.05) is 64.7 Å². The van der Waals surface area contributed by atoms with Gasteiger partial charge in [-0.25, -0.2) is 14.8 Å². The van der Waals surface area contributed by atoms with Gasteiger partial charge in [0.2, 0.25) is 0 Å². The van der Waals surface area contributed by atoms with Crippen molar-refractivity contribution in [3.8, 4) is 11.4 Å². The summed E-state index contributed by atoms with van der Waals surface area (Å²) in [6.07, 6.45) is 3.91. The van der Waals surface area contributed by atoms with Gasteiger partial charge >= 0.3 is 6.03 Å².